The van der Waals surface area contributed by atoms with Crippen molar-refractivity contribution in [1.82, 2.24) is 10.9 Å². The van der Waals surface area contributed by atoms with Crippen LogP contribution in [0.5, 0.6) is 0 Å². The molecule has 0 unspecified atom stereocenters. The molecule has 0 atom stereocenters. The van der Waals surface area contributed by atoms with E-state index in [4.69, 9.17) is 0 Å². The fourth-order valence-electron chi connectivity index (χ4n) is 1.69. The monoisotopic (exact) mass is 319 g/mol. The lowest BCUT2D eigenvalue weighted by Gasteiger charge is -2.06. The summed E-state index contributed by atoms with van der Waals surface area (Å²) in [6.07, 6.45) is 0.873. The lowest BCUT2D eigenvalue weighted by molar-refractivity contribution is -0.384. The first kappa shape index (κ1) is 15.6. The Bertz CT molecular complexity index is 668. The van der Waals surface area contributed by atoms with Crippen LogP contribution in [0.4, 0.5) is 5.69 Å². The Hall–Kier alpha value is -2.74. The molecule has 1 aromatic heterocycles. The van der Waals surface area contributed by atoms with E-state index in [1.54, 1.807) is 11.3 Å². The van der Waals surface area contributed by atoms with Gasteiger partial charge in [-0.3, -0.25) is 30.6 Å². The Morgan fingerprint density at radius 2 is 1.86 bits per heavy atom. The number of nitrogens with zero attached hydrogens (tertiary/aromatic N) is 1. The number of nitro benzene ring substituents is 1. The summed E-state index contributed by atoms with van der Waals surface area (Å²) in [5, 5.41) is 12.4. The van der Waals surface area contributed by atoms with Crippen LogP contribution in [0.25, 0.3) is 0 Å². The number of carbonyl (C=O) groups excluding carboxylic acids is 2. The standard InChI is InChI=1S/C14H13N3O4S/c18-13(8-7-12-2-1-9-22-12)15-16-14(19)10-3-5-11(6-4-10)17(20)21/h1-6,9H,7-8H2,(H,15,18)(H,16,19). The van der Waals surface area contributed by atoms with E-state index < -0.39 is 10.8 Å². The van der Waals surface area contributed by atoms with Crippen LogP contribution in [0, 0.1) is 10.1 Å². The third-order valence-corrected chi connectivity index (χ3v) is 3.77. The van der Waals surface area contributed by atoms with Crippen LogP contribution in [0.3, 0.4) is 0 Å². The van der Waals surface area contributed by atoms with E-state index in [2.05, 4.69) is 10.9 Å². The second-order valence-electron chi connectivity index (χ2n) is 4.39. The van der Waals surface area contributed by atoms with Gasteiger partial charge in [-0.1, -0.05) is 6.07 Å². The van der Waals surface area contributed by atoms with E-state index in [1.807, 2.05) is 17.5 Å². The summed E-state index contributed by atoms with van der Waals surface area (Å²) in [5.74, 6) is -0.831. The fourth-order valence-corrected chi connectivity index (χ4v) is 2.40. The zero-order valence-corrected chi connectivity index (χ0v) is 12.3. The fraction of sp³-hybridized carbons (Fsp3) is 0.143. The minimum atomic E-state index is -0.548. The van der Waals surface area contributed by atoms with Crippen LogP contribution < -0.4 is 10.9 Å². The Morgan fingerprint density at radius 1 is 1.14 bits per heavy atom. The average molecular weight is 319 g/mol. The molecule has 0 saturated carbocycles. The molecule has 0 aliphatic heterocycles. The molecule has 7 nitrogen and oxygen atoms in total. The molecule has 0 fully saturated rings. The Balaban J connectivity index is 1.79. The van der Waals surface area contributed by atoms with Crippen molar-refractivity contribution in [2.75, 3.05) is 0 Å². The summed E-state index contributed by atoms with van der Waals surface area (Å²) in [6, 6.07) is 8.96. The van der Waals surface area contributed by atoms with Crippen molar-refractivity contribution in [1.29, 1.82) is 0 Å². The van der Waals surface area contributed by atoms with E-state index in [9.17, 15) is 19.7 Å². The van der Waals surface area contributed by atoms with Crippen molar-refractivity contribution < 1.29 is 14.5 Å². The van der Waals surface area contributed by atoms with Crippen LogP contribution in [0.15, 0.2) is 41.8 Å². The molecule has 0 bridgehead atoms. The summed E-state index contributed by atoms with van der Waals surface area (Å²) in [4.78, 5) is 34.4. The van der Waals surface area contributed by atoms with Gasteiger partial charge in [-0.15, -0.1) is 11.3 Å². The van der Waals surface area contributed by atoms with E-state index >= 15 is 0 Å². The van der Waals surface area contributed by atoms with Gasteiger partial charge in [0.25, 0.3) is 11.6 Å². The molecular formula is C14H13N3O4S. The number of hydrogen-bond acceptors (Lipinski definition) is 5. The molecule has 1 aromatic carbocycles. The summed E-state index contributed by atoms with van der Waals surface area (Å²) in [6.45, 7) is 0. The van der Waals surface area contributed by atoms with Crippen molar-refractivity contribution in [3.05, 3.63) is 62.3 Å². The summed E-state index contributed by atoms with van der Waals surface area (Å²) in [7, 11) is 0. The van der Waals surface area contributed by atoms with Gasteiger partial charge in [0, 0.05) is 29.0 Å². The number of non-ortho nitro benzene ring substituents is 1. The first-order valence-electron chi connectivity index (χ1n) is 6.42. The van der Waals surface area contributed by atoms with Crippen molar-refractivity contribution in [3.63, 3.8) is 0 Å². The number of nitro groups is 1. The van der Waals surface area contributed by atoms with Gasteiger partial charge in [-0.25, -0.2) is 0 Å². The minimum Gasteiger partial charge on any atom is -0.273 e. The first-order valence-corrected chi connectivity index (χ1v) is 7.30. The third kappa shape index (κ3) is 4.38. The quantitative estimate of drug-likeness (QED) is 0.650. The van der Waals surface area contributed by atoms with Crippen molar-refractivity contribution in [2.45, 2.75) is 12.8 Å². The van der Waals surface area contributed by atoms with Gasteiger partial charge < -0.3 is 0 Å². The molecule has 0 radical (unpaired) electrons. The minimum absolute atomic E-state index is 0.100. The maximum atomic E-state index is 11.8. The summed E-state index contributed by atoms with van der Waals surface area (Å²) < 4.78 is 0. The van der Waals surface area contributed by atoms with Gasteiger partial charge in [0.05, 0.1) is 4.92 Å². The molecule has 0 spiro atoms. The van der Waals surface area contributed by atoms with Gasteiger partial charge in [0.1, 0.15) is 0 Å². The molecule has 2 rings (SSSR count). The largest absolute Gasteiger partial charge is 0.273 e. The third-order valence-electron chi connectivity index (χ3n) is 2.83. The highest BCUT2D eigenvalue weighted by Crippen LogP contribution is 2.12. The van der Waals surface area contributed by atoms with Crippen LogP contribution in [-0.2, 0) is 11.2 Å². The predicted molar refractivity (Wildman–Crippen MR) is 81.3 cm³/mol. The summed E-state index contributed by atoms with van der Waals surface area (Å²) in [5.41, 5.74) is 4.71. The number of rotatable bonds is 5. The lowest BCUT2D eigenvalue weighted by atomic mass is 10.2. The molecular weight excluding hydrogens is 306 g/mol. The Morgan fingerprint density at radius 3 is 2.45 bits per heavy atom. The van der Waals surface area contributed by atoms with E-state index in [1.165, 1.54) is 24.3 Å². The molecule has 2 amide bonds. The van der Waals surface area contributed by atoms with Crippen LogP contribution in [0.2, 0.25) is 0 Å². The molecule has 2 aromatic rings. The highest BCUT2D eigenvalue weighted by atomic mass is 32.1. The molecule has 0 aliphatic rings. The number of aryl methyl sites for hydroxylation is 1. The molecule has 22 heavy (non-hydrogen) atoms. The number of benzene rings is 1. The highest BCUT2D eigenvalue weighted by molar-refractivity contribution is 7.09. The number of amides is 2. The molecule has 2 N–H and O–H groups in total. The van der Waals surface area contributed by atoms with E-state index in [0.29, 0.717) is 6.42 Å². The lowest BCUT2D eigenvalue weighted by Crippen LogP contribution is -2.41. The Labute approximate surface area is 130 Å². The maximum absolute atomic E-state index is 11.8. The molecule has 1 heterocycles. The molecule has 114 valence electrons. The van der Waals surface area contributed by atoms with Gasteiger partial charge in [-0.2, -0.15) is 0 Å². The number of carbonyl (C=O) groups is 2. The SMILES string of the molecule is O=C(CCc1cccs1)NNC(=O)c1ccc([N+](=O)[O-])cc1. The van der Waals surface area contributed by atoms with Gasteiger partial charge in [-0.05, 0) is 30.0 Å². The smallest absolute Gasteiger partial charge is 0.269 e. The maximum Gasteiger partial charge on any atom is 0.269 e. The normalized spacial score (nSPS) is 10.0. The Kier molecular flexibility index (Phi) is 5.21. The number of nitrogens with one attached hydrogen (secondary N) is 2. The van der Waals surface area contributed by atoms with Crippen LogP contribution in [0.1, 0.15) is 21.7 Å². The van der Waals surface area contributed by atoms with E-state index in [-0.39, 0.29) is 23.6 Å². The number of thiophene rings is 1. The zero-order valence-electron chi connectivity index (χ0n) is 11.4. The molecule has 8 heteroatoms. The molecule has 0 aliphatic carbocycles. The van der Waals surface area contributed by atoms with Crippen molar-refractivity contribution in [2.24, 2.45) is 0 Å². The van der Waals surface area contributed by atoms with Crippen LogP contribution >= 0.6 is 11.3 Å². The first-order chi connectivity index (χ1) is 10.6. The zero-order chi connectivity index (χ0) is 15.9. The topological polar surface area (TPSA) is 101 Å². The second-order valence-corrected chi connectivity index (χ2v) is 5.42. The number of hydrogen-bond donors (Lipinski definition) is 2. The van der Waals surface area contributed by atoms with Crippen LogP contribution in [-0.4, -0.2) is 16.7 Å². The van der Waals surface area contributed by atoms with Gasteiger partial charge >= 0.3 is 0 Å². The van der Waals surface area contributed by atoms with Gasteiger partial charge in [0.2, 0.25) is 5.91 Å². The van der Waals surface area contributed by atoms with Crippen molar-refractivity contribution in [3.8, 4) is 0 Å². The number of hydrazine groups is 1. The summed E-state index contributed by atoms with van der Waals surface area (Å²) >= 11 is 1.57. The molecule has 0 saturated heterocycles. The van der Waals surface area contributed by atoms with Gasteiger partial charge in [0.15, 0.2) is 0 Å². The average Bonchev–Trinajstić information content (AvgIpc) is 3.04. The highest BCUT2D eigenvalue weighted by Gasteiger charge is 2.10. The van der Waals surface area contributed by atoms with E-state index in [0.717, 1.165) is 4.88 Å². The van der Waals surface area contributed by atoms with Crippen molar-refractivity contribution >= 4 is 28.8 Å². The predicted octanol–water partition coefficient (Wildman–Crippen LogP) is 2.05. The second kappa shape index (κ2) is 7.32.